The number of carbonyl (C=O) groups excluding carboxylic acids is 1. The zero-order valence-corrected chi connectivity index (χ0v) is 8.18. The fraction of sp³-hybridized carbons (Fsp3) is 0.800. The molecule has 0 aliphatic rings. The quantitative estimate of drug-likeness (QED) is 0.504. The first kappa shape index (κ1) is 8.49. The Morgan fingerprint density at radius 1 is 1.78 bits per heavy atom. The van der Waals surface area contributed by atoms with Crippen LogP contribution in [-0.2, 0) is 4.74 Å². The van der Waals surface area contributed by atoms with Crippen LogP contribution < -0.4 is 0 Å². The molecule has 0 heterocycles. The molecule has 0 N–H and O–H groups in total. The molecule has 0 aromatic rings. The number of carbonyl (C=O) groups is 1. The molecule has 0 rings (SSSR count). The molecular weight excluding hydrogens is 134 g/mol. The van der Waals surface area contributed by atoms with Crippen LogP contribution in [0.1, 0.15) is 13.3 Å². The topological polar surface area (TPSA) is 29.5 Å². The van der Waals surface area contributed by atoms with Gasteiger partial charge in [-0.05, 0) is 6.42 Å². The van der Waals surface area contributed by atoms with E-state index in [0.717, 1.165) is 16.8 Å². The molecule has 0 unspecified atom stereocenters. The summed E-state index contributed by atoms with van der Waals surface area (Å²) >= 11 is 0. The van der Waals surface area contributed by atoms with Gasteiger partial charge in [-0.2, -0.15) is 0 Å². The first-order valence-electron chi connectivity index (χ1n) is 3.02. The lowest BCUT2D eigenvalue weighted by Crippen LogP contribution is -2.24. The van der Waals surface area contributed by atoms with Crippen LogP contribution >= 0.6 is 0 Å². The fourth-order valence-electron chi connectivity index (χ4n) is 0.318. The Balaban J connectivity index is 3.28. The maximum Gasteiger partial charge on any atom is 0.400 e. The van der Waals surface area contributed by atoms with Gasteiger partial charge in [0.25, 0.3) is 0 Å². The molecule has 0 aliphatic carbocycles. The molecule has 9 heavy (non-hydrogen) atoms. The minimum Gasteiger partial charge on any atom is -0.450 e. The van der Waals surface area contributed by atoms with Crippen molar-refractivity contribution in [2.75, 3.05) is 13.7 Å². The van der Waals surface area contributed by atoms with E-state index in [4.69, 9.17) is 4.74 Å². The SMILES string of the molecule is CCCOC(=O)N(C)[SiH3]. The van der Waals surface area contributed by atoms with Crippen LogP contribution in [0.15, 0.2) is 0 Å². The molecule has 0 saturated heterocycles. The molecule has 0 aromatic heterocycles. The summed E-state index contributed by atoms with van der Waals surface area (Å²) in [5.74, 6) is 0. The van der Waals surface area contributed by atoms with Crippen LogP contribution in [0.2, 0.25) is 0 Å². The molecule has 0 fully saturated rings. The van der Waals surface area contributed by atoms with Gasteiger partial charge in [-0.3, -0.25) is 0 Å². The van der Waals surface area contributed by atoms with Gasteiger partial charge in [0, 0.05) is 7.05 Å². The third-order valence-electron chi connectivity index (χ3n) is 0.795. The van der Waals surface area contributed by atoms with Crippen LogP contribution in [0.5, 0.6) is 0 Å². The van der Waals surface area contributed by atoms with Crippen molar-refractivity contribution in [3.63, 3.8) is 0 Å². The molecule has 0 aromatic carbocycles. The second kappa shape index (κ2) is 4.37. The van der Waals surface area contributed by atoms with Crippen molar-refractivity contribution < 1.29 is 9.53 Å². The maximum absolute atomic E-state index is 10.6. The standard InChI is InChI=1S/C5H13NO2Si/c1-3-4-8-5(7)6(2)9/h3-4H2,1-2,9H3. The summed E-state index contributed by atoms with van der Waals surface area (Å²) in [6.07, 6.45) is 0.685. The Hall–Kier alpha value is -0.513. The highest BCUT2D eigenvalue weighted by atomic mass is 28.2. The van der Waals surface area contributed by atoms with E-state index in [9.17, 15) is 4.79 Å². The number of amides is 1. The van der Waals surface area contributed by atoms with Crippen LogP contribution in [0.4, 0.5) is 4.79 Å². The predicted octanol–water partition coefficient (Wildman–Crippen LogP) is -0.255. The van der Waals surface area contributed by atoms with Crippen molar-refractivity contribution in [1.82, 2.24) is 4.57 Å². The molecule has 4 heteroatoms. The normalized spacial score (nSPS) is 9.11. The highest BCUT2D eigenvalue weighted by Crippen LogP contribution is 1.85. The van der Waals surface area contributed by atoms with Crippen molar-refractivity contribution in [1.29, 1.82) is 0 Å². The molecular formula is C5H13NO2Si. The summed E-state index contributed by atoms with van der Waals surface area (Å²) in [4.78, 5) is 10.6. The second-order valence-corrected chi connectivity index (χ2v) is 3.35. The van der Waals surface area contributed by atoms with Crippen LogP contribution in [-0.4, -0.2) is 34.7 Å². The zero-order valence-electron chi connectivity index (χ0n) is 6.18. The predicted molar refractivity (Wildman–Crippen MR) is 39.3 cm³/mol. The zero-order chi connectivity index (χ0) is 7.28. The van der Waals surface area contributed by atoms with Crippen molar-refractivity contribution in [3.8, 4) is 0 Å². The van der Waals surface area contributed by atoms with Crippen LogP contribution in [0.25, 0.3) is 0 Å². The maximum atomic E-state index is 10.6. The lowest BCUT2D eigenvalue weighted by Gasteiger charge is -2.09. The molecule has 3 nitrogen and oxygen atoms in total. The highest BCUT2D eigenvalue weighted by Gasteiger charge is 2.00. The average Bonchev–Trinajstić information content (AvgIpc) is 1.82. The Labute approximate surface area is 58.5 Å². The van der Waals surface area contributed by atoms with Gasteiger partial charge in [-0.1, -0.05) is 6.92 Å². The number of ether oxygens (including phenoxy) is 1. The summed E-state index contributed by atoms with van der Waals surface area (Å²) in [5.41, 5.74) is 0. The van der Waals surface area contributed by atoms with Gasteiger partial charge < -0.3 is 9.30 Å². The van der Waals surface area contributed by atoms with E-state index in [2.05, 4.69) is 0 Å². The van der Waals surface area contributed by atoms with E-state index >= 15 is 0 Å². The lowest BCUT2D eigenvalue weighted by molar-refractivity contribution is 0.131. The van der Waals surface area contributed by atoms with E-state index in [1.165, 1.54) is 0 Å². The van der Waals surface area contributed by atoms with Gasteiger partial charge in [0.1, 0.15) is 10.4 Å². The third-order valence-corrected chi connectivity index (χ3v) is 1.16. The average molecular weight is 147 g/mol. The molecule has 0 spiro atoms. The Bertz CT molecular complexity index is 95.0. The lowest BCUT2D eigenvalue weighted by atomic mass is 10.5. The summed E-state index contributed by atoms with van der Waals surface area (Å²) < 4.78 is 6.33. The first-order chi connectivity index (χ1) is 4.18. The number of hydrogen-bond acceptors (Lipinski definition) is 2. The van der Waals surface area contributed by atoms with Gasteiger partial charge in [0.05, 0.1) is 6.61 Å². The fourth-order valence-corrected chi connectivity index (χ4v) is 0.448. The van der Waals surface area contributed by atoms with Crippen LogP contribution in [0.3, 0.4) is 0 Å². The van der Waals surface area contributed by atoms with Crippen molar-refractivity contribution in [2.45, 2.75) is 13.3 Å². The number of rotatable bonds is 2. The van der Waals surface area contributed by atoms with Crippen molar-refractivity contribution >= 4 is 16.5 Å². The molecule has 54 valence electrons. The second-order valence-electron chi connectivity index (χ2n) is 2.01. The Morgan fingerprint density at radius 3 is 2.67 bits per heavy atom. The van der Waals surface area contributed by atoms with E-state index < -0.39 is 0 Å². The Morgan fingerprint density at radius 2 is 2.33 bits per heavy atom. The molecule has 0 radical (unpaired) electrons. The smallest absolute Gasteiger partial charge is 0.400 e. The number of hydrogen-bond donors (Lipinski definition) is 0. The van der Waals surface area contributed by atoms with Gasteiger partial charge >= 0.3 is 6.09 Å². The summed E-state index contributed by atoms with van der Waals surface area (Å²) in [7, 11) is 2.45. The van der Waals surface area contributed by atoms with E-state index in [1.54, 1.807) is 11.6 Å². The largest absolute Gasteiger partial charge is 0.450 e. The van der Waals surface area contributed by atoms with E-state index in [-0.39, 0.29) is 6.09 Å². The van der Waals surface area contributed by atoms with Crippen LogP contribution in [0, 0.1) is 0 Å². The van der Waals surface area contributed by atoms with Gasteiger partial charge in [0.15, 0.2) is 0 Å². The third kappa shape index (κ3) is 4.02. The minimum absolute atomic E-state index is 0.205. The van der Waals surface area contributed by atoms with E-state index in [1.807, 2.05) is 6.92 Å². The molecule has 0 aliphatic heterocycles. The molecule has 0 bridgehead atoms. The van der Waals surface area contributed by atoms with Gasteiger partial charge in [-0.25, -0.2) is 4.79 Å². The first-order valence-corrected chi connectivity index (χ1v) is 3.92. The summed E-state index contributed by atoms with van der Waals surface area (Å²) in [6, 6.07) is 0. The summed E-state index contributed by atoms with van der Waals surface area (Å²) in [5, 5.41) is 0. The molecule has 0 saturated carbocycles. The van der Waals surface area contributed by atoms with Crippen molar-refractivity contribution in [3.05, 3.63) is 0 Å². The Kier molecular flexibility index (Phi) is 4.12. The number of nitrogens with zero attached hydrogens (tertiary/aromatic N) is 1. The van der Waals surface area contributed by atoms with E-state index in [0.29, 0.717) is 6.61 Å². The van der Waals surface area contributed by atoms with Gasteiger partial charge in [0.2, 0.25) is 0 Å². The minimum atomic E-state index is -0.205. The summed E-state index contributed by atoms with van der Waals surface area (Å²) in [6.45, 7) is 2.51. The molecule has 0 atom stereocenters. The van der Waals surface area contributed by atoms with Gasteiger partial charge in [-0.15, -0.1) is 0 Å². The highest BCUT2D eigenvalue weighted by molar-refractivity contribution is 6.12. The molecule has 1 amide bonds. The van der Waals surface area contributed by atoms with Crippen molar-refractivity contribution in [2.24, 2.45) is 0 Å². The monoisotopic (exact) mass is 147 g/mol.